The van der Waals surface area contributed by atoms with E-state index in [9.17, 15) is 0 Å². The van der Waals surface area contributed by atoms with Gasteiger partial charge in [-0.15, -0.1) is 35.1 Å². The Kier molecular flexibility index (Phi) is 5.30. The van der Waals surface area contributed by atoms with Crippen molar-refractivity contribution in [2.75, 3.05) is 5.32 Å². The van der Waals surface area contributed by atoms with Gasteiger partial charge in [-0.3, -0.25) is 0 Å². The summed E-state index contributed by atoms with van der Waals surface area (Å²) in [6.07, 6.45) is 1.58. The molecule has 0 saturated heterocycles. The molecule has 24 heavy (non-hydrogen) atoms. The zero-order valence-electron chi connectivity index (χ0n) is 12.5. The molecule has 0 unspecified atom stereocenters. The van der Waals surface area contributed by atoms with Crippen molar-refractivity contribution in [1.82, 2.24) is 9.97 Å². The molecule has 4 rings (SSSR count). The molecule has 0 atom stereocenters. The zero-order chi connectivity index (χ0) is 15.5. The lowest BCUT2D eigenvalue weighted by Gasteiger charge is -2.08. The van der Waals surface area contributed by atoms with Crippen molar-refractivity contribution < 1.29 is 4.74 Å². The van der Waals surface area contributed by atoms with E-state index in [4.69, 9.17) is 4.74 Å². The Hall–Kier alpha value is -2.15. The van der Waals surface area contributed by atoms with Crippen molar-refractivity contribution in [3.05, 3.63) is 63.7 Å². The molecule has 0 radical (unpaired) electrons. The summed E-state index contributed by atoms with van der Waals surface area (Å²) in [6, 6.07) is 12.0. The first kappa shape index (κ1) is 16.7. The van der Waals surface area contributed by atoms with Crippen LogP contribution in [0.5, 0.6) is 5.75 Å². The Labute approximate surface area is 153 Å². The number of rotatable bonds is 5. The number of hydrogen-bond donors (Lipinski definition) is 1. The van der Waals surface area contributed by atoms with Crippen LogP contribution in [-0.2, 0) is 6.61 Å². The molecule has 122 valence electrons. The third kappa shape index (κ3) is 3.67. The molecular formula is C17H14ClN3OS2. The maximum atomic E-state index is 5.77. The summed E-state index contributed by atoms with van der Waals surface area (Å²) in [5.41, 5.74) is 1.93. The Bertz CT molecular complexity index is 907. The minimum absolute atomic E-state index is 0. The van der Waals surface area contributed by atoms with Gasteiger partial charge in [0.15, 0.2) is 0 Å². The number of anilines is 2. The van der Waals surface area contributed by atoms with Crippen LogP contribution in [0, 0.1) is 0 Å². The molecule has 7 heteroatoms. The molecule has 3 aromatic heterocycles. The zero-order valence-corrected chi connectivity index (χ0v) is 15.0. The van der Waals surface area contributed by atoms with Crippen molar-refractivity contribution in [1.29, 1.82) is 0 Å². The van der Waals surface area contributed by atoms with Crippen LogP contribution in [-0.4, -0.2) is 9.97 Å². The van der Waals surface area contributed by atoms with Crippen molar-refractivity contribution in [2.45, 2.75) is 6.61 Å². The average Bonchev–Trinajstić information content (AvgIpc) is 3.26. The van der Waals surface area contributed by atoms with E-state index < -0.39 is 0 Å². The van der Waals surface area contributed by atoms with E-state index >= 15 is 0 Å². The predicted molar refractivity (Wildman–Crippen MR) is 103 cm³/mol. The Balaban J connectivity index is 0.00000169. The maximum Gasteiger partial charge on any atom is 0.142 e. The van der Waals surface area contributed by atoms with E-state index in [-0.39, 0.29) is 12.4 Å². The van der Waals surface area contributed by atoms with Crippen LogP contribution in [0.3, 0.4) is 0 Å². The quantitative estimate of drug-likeness (QED) is 0.500. The summed E-state index contributed by atoms with van der Waals surface area (Å²) in [7, 11) is 0. The molecule has 0 spiro atoms. The molecule has 4 aromatic rings. The predicted octanol–water partition coefficient (Wildman–Crippen LogP) is 5.50. The number of nitrogens with zero attached hydrogens (tertiary/aromatic N) is 2. The summed E-state index contributed by atoms with van der Waals surface area (Å²) >= 11 is 3.32. The molecular weight excluding hydrogens is 362 g/mol. The van der Waals surface area contributed by atoms with Crippen molar-refractivity contribution in [3.63, 3.8) is 0 Å². The molecule has 4 nitrogen and oxygen atoms in total. The second kappa shape index (κ2) is 7.61. The van der Waals surface area contributed by atoms with E-state index in [2.05, 4.69) is 32.1 Å². The van der Waals surface area contributed by atoms with Crippen LogP contribution in [0.2, 0.25) is 0 Å². The van der Waals surface area contributed by atoms with Gasteiger partial charge in [0.1, 0.15) is 24.5 Å². The van der Waals surface area contributed by atoms with E-state index in [1.54, 1.807) is 29.0 Å². The van der Waals surface area contributed by atoms with Gasteiger partial charge in [-0.2, -0.15) is 0 Å². The van der Waals surface area contributed by atoms with Crippen molar-refractivity contribution in [3.8, 4) is 5.75 Å². The van der Waals surface area contributed by atoms with Crippen LogP contribution in [0.1, 0.15) is 4.88 Å². The van der Waals surface area contributed by atoms with Gasteiger partial charge in [-0.25, -0.2) is 9.97 Å². The topological polar surface area (TPSA) is 47.0 Å². The van der Waals surface area contributed by atoms with E-state index in [0.29, 0.717) is 6.61 Å². The highest BCUT2D eigenvalue weighted by molar-refractivity contribution is 7.10. The number of thiophene rings is 2. The summed E-state index contributed by atoms with van der Waals surface area (Å²) in [4.78, 5) is 9.78. The van der Waals surface area contributed by atoms with Gasteiger partial charge in [0.25, 0.3) is 0 Å². The minimum atomic E-state index is 0. The molecule has 0 aliphatic carbocycles. The standard InChI is InChI=1S/C17H13N3OS2.ClH/c1-2-14(23-7-1)8-21-13-5-3-12(4-6-13)20-17-15-9-22-10-16(15)18-11-19-17;/h1-7,9-11H,8H2,(H,18,19,20);1H. The number of nitrogens with one attached hydrogen (secondary N) is 1. The lowest BCUT2D eigenvalue weighted by molar-refractivity contribution is 0.310. The SMILES string of the molecule is Cl.c1csc(COc2ccc(Nc3ncnc4cscc34)cc2)c1. The number of hydrogen-bond acceptors (Lipinski definition) is 6. The highest BCUT2D eigenvalue weighted by atomic mass is 35.5. The van der Waals surface area contributed by atoms with Gasteiger partial charge < -0.3 is 10.1 Å². The van der Waals surface area contributed by atoms with Gasteiger partial charge >= 0.3 is 0 Å². The highest BCUT2D eigenvalue weighted by Gasteiger charge is 2.05. The molecule has 0 fully saturated rings. The van der Waals surface area contributed by atoms with Crippen LogP contribution >= 0.6 is 35.1 Å². The lowest BCUT2D eigenvalue weighted by Crippen LogP contribution is -1.96. The number of benzene rings is 1. The monoisotopic (exact) mass is 375 g/mol. The number of ether oxygens (including phenoxy) is 1. The van der Waals surface area contributed by atoms with E-state index in [1.807, 2.05) is 35.7 Å². The highest BCUT2D eigenvalue weighted by Crippen LogP contribution is 2.26. The molecule has 0 aliphatic heterocycles. The summed E-state index contributed by atoms with van der Waals surface area (Å²) < 4.78 is 5.77. The minimum Gasteiger partial charge on any atom is -0.488 e. The number of aromatic nitrogens is 2. The molecule has 0 amide bonds. The van der Waals surface area contributed by atoms with Gasteiger partial charge in [0.05, 0.1) is 10.9 Å². The van der Waals surface area contributed by atoms with Crippen LogP contribution in [0.25, 0.3) is 10.9 Å². The first-order valence-electron chi connectivity index (χ1n) is 7.08. The Morgan fingerprint density at radius 1 is 1.04 bits per heavy atom. The van der Waals surface area contributed by atoms with Gasteiger partial charge in [-0.05, 0) is 35.7 Å². The maximum absolute atomic E-state index is 5.77. The third-order valence-corrected chi connectivity index (χ3v) is 4.94. The van der Waals surface area contributed by atoms with Crippen LogP contribution in [0.4, 0.5) is 11.5 Å². The van der Waals surface area contributed by atoms with Crippen molar-refractivity contribution in [2.24, 2.45) is 0 Å². The first-order chi connectivity index (χ1) is 11.4. The second-order valence-corrected chi connectivity index (χ2v) is 6.69. The summed E-state index contributed by atoms with van der Waals surface area (Å²) in [5, 5.41) is 10.5. The Morgan fingerprint density at radius 3 is 2.71 bits per heavy atom. The molecule has 0 aliphatic rings. The van der Waals surface area contributed by atoms with Gasteiger partial charge in [0.2, 0.25) is 0 Å². The number of halogens is 1. The van der Waals surface area contributed by atoms with Crippen LogP contribution in [0.15, 0.2) is 58.9 Å². The van der Waals surface area contributed by atoms with Gasteiger partial charge in [-0.1, -0.05) is 6.07 Å². The molecule has 3 heterocycles. The molecule has 1 N–H and O–H groups in total. The summed E-state index contributed by atoms with van der Waals surface area (Å²) in [6.45, 7) is 0.603. The van der Waals surface area contributed by atoms with E-state index in [0.717, 1.165) is 28.2 Å². The fraction of sp³-hybridized carbons (Fsp3) is 0.0588. The first-order valence-corrected chi connectivity index (χ1v) is 8.90. The van der Waals surface area contributed by atoms with Crippen LogP contribution < -0.4 is 10.1 Å². The number of fused-ring (bicyclic) bond motifs is 1. The third-order valence-electron chi connectivity index (χ3n) is 3.36. The fourth-order valence-corrected chi connectivity index (χ4v) is 3.58. The second-order valence-electron chi connectivity index (χ2n) is 4.91. The van der Waals surface area contributed by atoms with Gasteiger partial charge in [0, 0.05) is 21.3 Å². The normalized spacial score (nSPS) is 10.3. The smallest absolute Gasteiger partial charge is 0.142 e. The molecule has 0 saturated carbocycles. The average molecular weight is 376 g/mol. The molecule has 1 aromatic carbocycles. The molecule has 0 bridgehead atoms. The summed E-state index contributed by atoms with van der Waals surface area (Å²) in [5.74, 6) is 1.68. The Morgan fingerprint density at radius 2 is 1.92 bits per heavy atom. The van der Waals surface area contributed by atoms with E-state index in [1.165, 1.54) is 4.88 Å². The fourth-order valence-electron chi connectivity index (χ4n) is 2.21. The largest absolute Gasteiger partial charge is 0.488 e. The lowest BCUT2D eigenvalue weighted by atomic mass is 10.3. The van der Waals surface area contributed by atoms with Crippen molar-refractivity contribution >= 4 is 57.5 Å².